The highest BCUT2D eigenvalue weighted by molar-refractivity contribution is 5.85. The number of carbonyl (C=O) groups excluding carboxylic acids is 1. The Morgan fingerprint density at radius 1 is 1.16 bits per heavy atom. The van der Waals surface area contributed by atoms with Crippen molar-refractivity contribution in [3.63, 3.8) is 0 Å². The minimum absolute atomic E-state index is 0.0124. The van der Waals surface area contributed by atoms with E-state index in [0.29, 0.717) is 12.8 Å². The molecule has 0 unspecified atom stereocenters. The molecule has 0 atom stereocenters. The molecule has 0 saturated heterocycles. The second-order valence-corrected chi connectivity index (χ2v) is 4.89. The molecule has 0 bridgehead atoms. The predicted molar refractivity (Wildman–Crippen MR) is 69.8 cm³/mol. The number of hydrogen-bond acceptors (Lipinski definition) is 4. The van der Waals surface area contributed by atoms with Crippen LogP contribution < -0.4 is 0 Å². The lowest BCUT2D eigenvalue weighted by atomic mass is 9.95. The van der Waals surface area contributed by atoms with Gasteiger partial charge in [-0.25, -0.2) is 4.79 Å². The summed E-state index contributed by atoms with van der Waals surface area (Å²) in [6.07, 6.45) is 4.83. The fourth-order valence-corrected chi connectivity index (χ4v) is 2.18. The Morgan fingerprint density at radius 2 is 1.74 bits per heavy atom. The summed E-state index contributed by atoms with van der Waals surface area (Å²) in [5.74, 6) is -1.26. The van der Waals surface area contributed by atoms with Crippen molar-refractivity contribution in [2.24, 2.45) is 0 Å². The molecule has 0 radical (unpaired) electrons. The molecule has 108 valence electrons. The molecule has 0 aromatic carbocycles. The zero-order valence-electron chi connectivity index (χ0n) is 11.4. The van der Waals surface area contributed by atoms with Crippen molar-refractivity contribution in [3.8, 4) is 0 Å². The Hall–Kier alpha value is -1.36. The highest BCUT2D eigenvalue weighted by atomic mass is 16.5. The quantitative estimate of drug-likeness (QED) is 0.567. The number of ether oxygens (including phenoxy) is 2. The third-order valence-corrected chi connectivity index (χ3v) is 3.41. The zero-order chi connectivity index (χ0) is 14.3. The van der Waals surface area contributed by atoms with Gasteiger partial charge < -0.3 is 14.6 Å². The lowest BCUT2D eigenvalue weighted by molar-refractivity contribution is -0.152. The summed E-state index contributed by atoms with van der Waals surface area (Å²) in [5, 5.41) is 8.63. The highest BCUT2D eigenvalue weighted by Gasteiger charge is 2.23. The van der Waals surface area contributed by atoms with E-state index in [1.54, 1.807) is 7.11 Å². The fourth-order valence-electron chi connectivity index (χ4n) is 2.18. The molecule has 0 aromatic heterocycles. The molecule has 0 spiro atoms. The normalized spacial score (nSPS) is 22.8. The van der Waals surface area contributed by atoms with Gasteiger partial charge in [-0.05, 0) is 38.5 Å². The van der Waals surface area contributed by atoms with Crippen molar-refractivity contribution in [1.29, 1.82) is 0 Å². The molecule has 5 nitrogen and oxygen atoms in total. The summed E-state index contributed by atoms with van der Waals surface area (Å²) < 4.78 is 10.6. The molecule has 1 saturated carbocycles. The van der Waals surface area contributed by atoms with E-state index in [9.17, 15) is 9.59 Å². The number of methoxy groups -OCH3 is 1. The van der Waals surface area contributed by atoms with E-state index in [1.165, 1.54) is 0 Å². The maximum absolute atomic E-state index is 11.6. The van der Waals surface area contributed by atoms with Crippen molar-refractivity contribution < 1.29 is 24.2 Å². The highest BCUT2D eigenvalue weighted by Crippen LogP contribution is 2.23. The largest absolute Gasteiger partial charge is 0.478 e. The Kier molecular flexibility index (Phi) is 6.56. The summed E-state index contributed by atoms with van der Waals surface area (Å²) in [6, 6.07) is 0. The van der Waals surface area contributed by atoms with Crippen LogP contribution in [0.1, 0.15) is 44.9 Å². The first kappa shape index (κ1) is 15.7. The van der Waals surface area contributed by atoms with Gasteiger partial charge in [0.2, 0.25) is 0 Å². The van der Waals surface area contributed by atoms with Gasteiger partial charge in [0.05, 0.1) is 6.10 Å². The monoisotopic (exact) mass is 270 g/mol. The van der Waals surface area contributed by atoms with E-state index < -0.39 is 5.97 Å². The van der Waals surface area contributed by atoms with Crippen molar-refractivity contribution in [1.82, 2.24) is 0 Å². The van der Waals surface area contributed by atoms with Crippen LogP contribution in [0.2, 0.25) is 0 Å². The van der Waals surface area contributed by atoms with E-state index in [0.717, 1.165) is 25.7 Å². The molecular formula is C14H22O5. The average Bonchev–Trinajstić information content (AvgIpc) is 2.39. The third-order valence-electron chi connectivity index (χ3n) is 3.41. The molecule has 1 fully saturated rings. The molecule has 1 N–H and O–H groups in total. The van der Waals surface area contributed by atoms with Crippen molar-refractivity contribution in [2.75, 3.05) is 7.11 Å². The van der Waals surface area contributed by atoms with E-state index in [-0.39, 0.29) is 30.2 Å². The van der Waals surface area contributed by atoms with Crippen molar-refractivity contribution in [2.45, 2.75) is 57.2 Å². The van der Waals surface area contributed by atoms with Crippen LogP contribution in [-0.2, 0) is 19.1 Å². The predicted octanol–water partition coefficient (Wildman–Crippen LogP) is 2.30. The van der Waals surface area contributed by atoms with Crippen LogP contribution in [0.15, 0.2) is 12.2 Å². The number of carboxylic acids is 1. The molecule has 1 rings (SSSR count). The van der Waals surface area contributed by atoms with Crippen molar-refractivity contribution in [3.05, 3.63) is 12.2 Å². The second-order valence-electron chi connectivity index (χ2n) is 4.89. The van der Waals surface area contributed by atoms with Gasteiger partial charge in [-0.1, -0.05) is 6.58 Å². The van der Waals surface area contributed by atoms with E-state index in [4.69, 9.17) is 14.6 Å². The molecule has 0 amide bonds. The molecule has 0 aromatic rings. The smallest absolute Gasteiger partial charge is 0.330 e. The fraction of sp³-hybridized carbons (Fsp3) is 0.714. The summed E-state index contributed by atoms with van der Waals surface area (Å²) in [6.45, 7) is 3.42. The Labute approximate surface area is 113 Å². The summed E-state index contributed by atoms with van der Waals surface area (Å²) in [5.41, 5.74) is 0.133. The van der Waals surface area contributed by atoms with Crippen LogP contribution in [0.4, 0.5) is 0 Å². The van der Waals surface area contributed by atoms with Crippen LogP contribution in [0.3, 0.4) is 0 Å². The molecule has 19 heavy (non-hydrogen) atoms. The third kappa shape index (κ3) is 5.87. The van der Waals surface area contributed by atoms with Gasteiger partial charge in [0.25, 0.3) is 0 Å². The lowest BCUT2D eigenvalue weighted by Gasteiger charge is -2.27. The average molecular weight is 270 g/mol. The van der Waals surface area contributed by atoms with Crippen LogP contribution in [0, 0.1) is 0 Å². The zero-order valence-corrected chi connectivity index (χ0v) is 11.4. The van der Waals surface area contributed by atoms with E-state index in [2.05, 4.69) is 6.58 Å². The lowest BCUT2D eigenvalue weighted by Crippen LogP contribution is -2.27. The Balaban J connectivity index is 2.14. The number of carbonyl (C=O) groups is 2. The topological polar surface area (TPSA) is 72.8 Å². The number of carboxylic acid groups (broad SMARTS) is 1. The number of esters is 1. The van der Waals surface area contributed by atoms with Gasteiger partial charge in [0, 0.05) is 19.1 Å². The minimum atomic E-state index is -1.01. The van der Waals surface area contributed by atoms with Gasteiger partial charge >= 0.3 is 11.9 Å². The summed E-state index contributed by atoms with van der Waals surface area (Å²) in [4.78, 5) is 22.1. The standard InChI is InChI=1S/C14H22O5/c1-10(14(16)17)4-3-5-13(15)19-12-8-6-11(18-2)7-9-12/h11-12H,1,3-9H2,2H3,(H,16,17). The summed E-state index contributed by atoms with van der Waals surface area (Å²) in [7, 11) is 1.70. The maximum atomic E-state index is 11.6. The Morgan fingerprint density at radius 3 is 2.26 bits per heavy atom. The number of aliphatic carboxylic acids is 1. The molecule has 1 aliphatic rings. The van der Waals surface area contributed by atoms with Gasteiger partial charge in [0.15, 0.2) is 0 Å². The van der Waals surface area contributed by atoms with Crippen LogP contribution in [0.25, 0.3) is 0 Å². The van der Waals surface area contributed by atoms with Gasteiger partial charge in [-0.2, -0.15) is 0 Å². The molecular weight excluding hydrogens is 248 g/mol. The molecule has 0 heterocycles. The number of hydrogen-bond donors (Lipinski definition) is 1. The Bertz CT molecular complexity index is 329. The minimum Gasteiger partial charge on any atom is -0.478 e. The SMILES string of the molecule is C=C(CCCC(=O)OC1CCC(OC)CC1)C(=O)O. The molecule has 0 aliphatic heterocycles. The first-order valence-electron chi connectivity index (χ1n) is 6.66. The summed E-state index contributed by atoms with van der Waals surface area (Å²) >= 11 is 0. The van der Waals surface area contributed by atoms with Gasteiger partial charge in [-0.15, -0.1) is 0 Å². The first-order valence-corrected chi connectivity index (χ1v) is 6.66. The van der Waals surface area contributed by atoms with Crippen LogP contribution in [0.5, 0.6) is 0 Å². The van der Waals surface area contributed by atoms with E-state index >= 15 is 0 Å². The molecule has 1 aliphatic carbocycles. The van der Waals surface area contributed by atoms with Gasteiger partial charge in [-0.3, -0.25) is 4.79 Å². The second kappa shape index (κ2) is 7.94. The molecule has 5 heteroatoms. The van der Waals surface area contributed by atoms with E-state index in [1.807, 2.05) is 0 Å². The maximum Gasteiger partial charge on any atom is 0.330 e. The number of rotatable bonds is 7. The van der Waals surface area contributed by atoms with Gasteiger partial charge in [0.1, 0.15) is 6.10 Å². The van der Waals surface area contributed by atoms with Crippen LogP contribution in [-0.4, -0.2) is 36.4 Å². The first-order chi connectivity index (χ1) is 9.02. The van der Waals surface area contributed by atoms with Crippen LogP contribution >= 0.6 is 0 Å². The van der Waals surface area contributed by atoms with Crippen molar-refractivity contribution >= 4 is 11.9 Å².